The van der Waals surface area contributed by atoms with E-state index in [4.69, 9.17) is 9.84 Å². The van der Waals surface area contributed by atoms with Crippen molar-refractivity contribution in [1.82, 2.24) is 4.90 Å². The van der Waals surface area contributed by atoms with Gasteiger partial charge in [-0.3, -0.25) is 9.69 Å². The van der Waals surface area contributed by atoms with E-state index >= 15 is 0 Å². The Morgan fingerprint density at radius 1 is 1.32 bits per heavy atom. The lowest BCUT2D eigenvalue weighted by Gasteiger charge is -2.29. The maximum atomic E-state index is 13.1. The molecule has 0 amide bonds. The lowest BCUT2D eigenvalue weighted by atomic mass is 10.1. The third kappa shape index (κ3) is 3.71. The zero-order valence-corrected chi connectivity index (χ0v) is 12.1. The number of hydrogen-bond acceptors (Lipinski definition) is 3. The van der Waals surface area contributed by atoms with Crippen LogP contribution in [-0.2, 0) is 11.3 Å². The summed E-state index contributed by atoms with van der Waals surface area (Å²) in [6.07, 6.45) is -4.59. The van der Waals surface area contributed by atoms with Gasteiger partial charge in [-0.25, -0.2) is 0 Å². The molecule has 4 nitrogen and oxygen atoms in total. The van der Waals surface area contributed by atoms with Crippen molar-refractivity contribution < 1.29 is 27.8 Å². The molecule has 0 aromatic heterocycles. The van der Waals surface area contributed by atoms with Crippen LogP contribution in [0.15, 0.2) is 24.3 Å². The third-order valence-corrected chi connectivity index (χ3v) is 3.78. The van der Waals surface area contributed by atoms with Crippen molar-refractivity contribution in [2.75, 3.05) is 6.61 Å². The molecule has 1 aromatic carbocycles. The molecule has 122 valence electrons. The molecule has 2 atom stereocenters. The van der Waals surface area contributed by atoms with Gasteiger partial charge in [0.05, 0.1) is 6.61 Å². The molecule has 1 heterocycles. The van der Waals surface area contributed by atoms with E-state index in [0.717, 1.165) is 4.90 Å². The SMILES string of the molecule is CCOc1ccc(CN2C(C(=O)O)CCC2C(F)(F)F)cc1. The summed E-state index contributed by atoms with van der Waals surface area (Å²) >= 11 is 0. The smallest absolute Gasteiger partial charge is 0.404 e. The normalized spacial score (nSPS) is 22.7. The van der Waals surface area contributed by atoms with E-state index in [-0.39, 0.29) is 19.4 Å². The van der Waals surface area contributed by atoms with Crippen LogP contribution in [0.3, 0.4) is 0 Å². The van der Waals surface area contributed by atoms with Crippen LogP contribution in [-0.4, -0.2) is 40.8 Å². The highest BCUT2D eigenvalue weighted by Gasteiger charge is 2.51. The summed E-state index contributed by atoms with van der Waals surface area (Å²) in [6, 6.07) is 3.87. The van der Waals surface area contributed by atoms with Gasteiger partial charge in [-0.05, 0) is 37.5 Å². The van der Waals surface area contributed by atoms with Gasteiger partial charge in [0.1, 0.15) is 17.8 Å². The highest BCUT2D eigenvalue weighted by molar-refractivity contribution is 5.74. The van der Waals surface area contributed by atoms with E-state index in [1.165, 1.54) is 0 Å². The van der Waals surface area contributed by atoms with Gasteiger partial charge in [0, 0.05) is 6.54 Å². The molecule has 1 N–H and O–H groups in total. The fourth-order valence-corrected chi connectivity index (χ4v) is 2.77. The Morgan fingerprint density at radius 3 is 2.45 bits per heavy atom. The zero-order valence-electron chi connectivity index (χ0n) is 12.1. The molecule has 0 radical (unpaired) electrons. The number of carboxylic acid groups (broad SMARTS) is 1. The average molecular weight is 317 g/mol. The maximum absolute atomic E-state index is 13.1. The Kier molecular flexibility index (Phi) is 4.95. The van der Waals surface area contributed by atoms with Gasteiger partial charge in [0.15, 0.2) is 0 Å². The molecule has 1 aromatic rings. The van der Waals surface area contributed by atoms with Crippen LogP contribution >= 0.6 is 0 Å². The van der Waals surface area contributed by atoms with Crippen LogP contribution in [0.25, 0.3) is 0 Å². The standard InChI is InChI=1S/C15H18F3NO3/c1-2-22-11-5-3-10(4-6-11)9-19-12(14(20)21)7-8-13(19)15(16,17)18/h3-6,12-13H,2,7-9H2,1H3,(H,20,21). The predicted molar refractivity (Wildman–Crippen MR) is 73.7 cm³/mol. The highest BCUT2D eigenvalue weighted by Crippen LogP contribution is 2.37. The van der Waals surface area contributed by atoms with E-state index < -0.39 is 24.2 Å². The molecule has 0 bridgehead atoms. The Balaban J connectivity index is 2.16. The molecule has 22 heavy (non-hydrogen) atoms. The molecule has 7 heteroatoms. The molecule has 1 fully saturated rings. The first-order valence-corrected chi connectivity index (χ1v) is 7.10. The first kappa shape index (κ1) is 16.6. The zero-order chi connectivity index (χ0) is 16.3. The Hall–Kier alpha value is -1.76. The number of likely N-dealkylation sites (tertiary alicyclic amines) is 1. The average Bonchev–Trinajstić information content (AvgIpc) is 2.85. The van der Waals surface area contributed by atoms with Gasteiger partial charge in [-0.15, -0.1) is 0 Å². The van der Waals surface area contributed by atoms with E-state index in [2.05, 4.69) is 0 Å². The molecule has 1 saturated heterocycles. The van der Waals surface area contributed by atoms with E-state index in [1.807, 2.05) is 6.92 Å². The highest BCUT2D eigenvalue weighted by atomic mass is 19.4. The van der Waals surface area contributed by atoms with Crippen molar-refractivity contribution >= 4 is 5.97 Å². The molecule has 0 aliphatic carbocycles. The van der Waals surface area contributed by atoms with Gasteiger partial charge >= 0.3 is 12.1 Å². The first-order valence-electron chi connectivity index (χ1n) is 7.10. The van der Waals surface area contributed by atoms with Gasteiger partial charge in [0.25, 0.3) is 0 Å². The summed E-state index contributed by atoms with van der Waals surface area (Å²) in [4.78, 5) is 12.2. The number of hydrogen-bond donors (Lipinski definition) is 1. The van der Waals surface area contributed by atoms with Crippen LogP contribution in [0.1, 0.15) is 25.3 Å². The number of nitrogens with zero attached hydrogens (tertiary/aromatic N) is 1. The lowest BCUT2D eigenvalue weighted by molar-refractivity contribution is -0.183. The van der Waals surface area contributed by atoms with Crippen LogP contribution in [0, 0.1) is 0 Å². The molecule has 1 aliphatic rings. The quantitative estimate of drug-likeness (QED) is 0.907. The Bertz CT molecular complexity index is 516. The van der Waals surface area contributed by atoms with Gasteiger partial charge in [-0.2, -0.15) is 13.2 Å². The minimum atomic E-state index is -4.42. The predicted octanol–water partition coefficient (Wildman–Crippen LogP) is 3.07. The van der Waals surface area contributed by atoms with Crippen LogP contribution in [0.4, 0.5) is 13.2 Å². The number of aliphatic carboxylic acids is 1. The lowest BCUT2D eigenvalue weighted by Crippen LogP contribution is -2.46. The summed E-state index contributed by atoms with van der Waals surface area (Å²) in [5.41, 5.74) is 0.630. The number of carboxylic acids is 1. The van der Waals surface area contributed by atoms with Crippen LogP contribution in [0.5, 0.6) is 5.75 Å². The second-order valence-corrected chi connectivity index (χ2v) is 5.24. The minimum absolute atomic E-state index is 0.0105. The second kappa shape index (κ2) is 6.56. The fourth-order valence-electron chi connectivity index (χ4n) is 2.77. The number of halogens is 3. The maximum Gasteiger partial charge on any atom is 0.404 e. The van der Waals surface area contributed by atoms with Crippen molar-refractivity contribution in [3.8, 4) is 5.75 Å². The molecular weight excluding hydrogens is 299 g/mol. The molecular formula is C15H18F3NO3. The molecule has 0 spiro atoms. The largest absolute Gasteiger partial charge is 0.494 e. The van der Waals surface area contributed by atoms with E-state index in [0.29, 0.717) is 17.9 Å². The minimum Gasteiger partial charge on any atom is -0.494 e. The van der Waals surface area contributed by atoms with Gasteiger partial charge < -0.3 is 9.84 Å². The van der Waals surface area contributed by atoms with E-state index in [9.17, 15) is 18.0 Å². The van der Waals surface area contributed by atoms with Crippen LogP contribution in [0.2, 0.25) is 0 Å². The van der Waals surface area contributed by atoms with Gasteiger partial charge in [0.2, 0.25) is 0 Å². The molecule has 2 rings (SSSR count). The number of benzene rings is 1. The molecule has 1 aliphatic heterocycles. The summed E-state index contributed by atoms with van der Waals surface area (Å²) in [5, 5.41) is 9.13. The van der Waals surface area contributed by atoms with Crippen molar-refractivity contribution in [2.45, 2.75) is 44.6 Å². The second-order valence-electron chi connectivity index (χ2n) is 5.24. The van der Waals surface area contributed by atoms with Crippen molar-refractivity contribution in [2.24, 2.45) is 0 Å². The number of alkyl halides is 3. The van der Waals surface area contributed by atoms with Crippen molar-refractivity contribution in [3.05, 3.63) is 29.8 Å². The third-order valence-electron chi connectivity index (χ3n) is 3.78. The monoisotopic (exact) mass is 317 g/mol. The Labute approximate surface area is 126 Å². The summed E-state index contributed by atoms with van der Waals surface area (Å²) < 4.78 is 44.5. The molecule has 2 unspecified atom stereocenters. The topological polar surface area (TPSA) is 49.8 Å². The number of ether oxygens (including phenoxy) is 1. The number of carbonyl (C=O) groups is 1. The Morgan fingerprint density at radius 2 is 1.95 bits per heavy atom. The van der Waals surface area contributed by atoms with Gasteiger partial charge in [-0.1, -0.05) is 12.1 Å². The molecule has 0 saturated carbocycles. The van der Waals surface area contributed by atoms with Crippen molar-refractivity contribution in [3.63, 3.8) is 0 Å². The summed E-state index contributed by atoms with van der Waals surface area (Å²) in [5.74, 6) is -0.576. The van der Waals surface area contributed by atoms with Crippen molar-refractivity contribution in [1.29, 1.82) is 0 Å². The summed E-state index contributed by atoms with van der Waals surface area (Å²) in [6.45, 7) is 2.29. The fraction of sp³-hybridized carbons (Fsp3) is 0.533. The van der Waals surface area contributed by atoms with E-state index in [1.54, 1.807) is 24.3 Å². The number of rotatable bonds is 5. The first-order chi connectivity index (χ1) is 10.3. The summed E-state index contributed by atoms with van der Waals surface area (Å²) in [7, 11) is 0. The van der Waals surface area contributed by atoms with Crippen LogP contribution < -0.4 is 4.74 Å².